The third-order valence-corrected chi connectivity index (χ3v) is 8.07. The molecule has 0 spiro atoms. The average Bonchev–Trinajstić information content (AvgIpc) is 2.92. The van der Waals surface area contributed by atoms with Crippen LogP contribution in [0.15, 0.2) is 28.2 Å². The second kappa shape index (κ2) is 7.10. The van der Waals surface area contributed by atoms with E-state index < -0.39 is 30.2 Å². The molecule has 6 nitrogen and oxygen atoms in total. The summed E-state index contributed by atoms with van der Waals surface area (Å²) in [5.41, 5.74) is 2.98. The van der Waals surface area contributed by atoms with Crippen molar-refractivity contribution in [3.05, 3.63) is 45.0 Å². The molecule has 0 radical (unpaired) electrons. The number of nitrogens with zero attached hydrogens (tertiary/aromatic N) is 4. The Morgan fingerprint density at radius 2 is 1.47 bits per heavy atom. The van der Waals surface area contributed by atoms with E-state index in [0.717, 1.165) is 15.4 Å². The van der Waals surface area contributed by atoms with E-state index in [0.29, 0.717) is 22.8 Å². The van der Waals surface area contributed by atoms with Crippen LogP contribution in [0.2, 0.25) is 19.6 Å². The Balaban J connectivity index is 2.23. The summed E-state index contributed by atoms with van der Waals surface area (Å²) in [7, 11) is -1.62. The molecule has 0 saturated carbocycles. The van der Waals surface area contributed by atoms with Crippen molar-refractivity contribution in [2.45, 2.75) is 97.2 Å². The summed E-state index contributed by atoms with van der Waals surface area (Å²) in [5, 5.41) is 14.2. The lowest BCUT2D eigenvalue weighted by Crippen LogP contribution is -2.50. The van der Waals surface area contributed by atoms with E-state index in [1.165, 1.54) is 0 Å². The van der Waals surface area contributed by atoms with Crippen LogP contribution in [0.4, 0.5) is 0 Å². The zero-order chi connectivity index (χ0) is 24.5. The van der Waals surface area contributed by atoms with Crippen molar-refractivity contribution in [1.29, 1.82) is 0 Å². The van der Waals surface area contributed by atoms with E-state index in [-0.39, 0.29) is 0 Å². The first-order valence-corrected chi connectivity index (χ1v) is 14.6. The van der Waals surface area contributed by atoms with Crippen LogP contribution in [0.25, 0.3) is 0 Å². The number of hydroxylamine groups is 2. The molecule has 2 heterocycles. The summed E-state index contributed by atoms with van der Waals surface area (Å²) in [6.45, 7) is 22.0. The number of rotatable bonds is 2. The van der Waals surface area contributed by atoms with Gasteiger partial charge in [-0.1, -0.05) is 35.5 Å². The second-order valence-corrected chi connectivity index (χ2v) is 16.7. The standard InChI is InChI=1S/C25H36N4O2Si/c1-22(2)24(5,6)28(30)20(26-22)18-14-17(12-13-32(9,10)11)15-19(16-18)21-27-23(3,4)25(7,8)29(21)31/h14-16H,1-11H3. The van der Waals surface area contributed by atoms with E-state index in [2.05, 4.69) is 31.1 Å². The van der Waals surface area contributed by atoms with Crippen molar-refractivity contribution in [3.8, 4) is 11.5 Å². The Bertz CT molecular complexity index is 1110. The highest BCUT2D eigenvalue weighted by molar-refractivity contribution is 6.83. The van der Waals surface area contributed by atoms with Gasteiger partial charge in [-0.25, -0.2) is 0 Å². The Labute approximate surface area is 193 Å². The van der Waals surface area contributed by atoms with E-state index in [1.807, 2.05) is 73.6 Å². The average molecular weight is 453 g/mol. The molecule has 0 aromatic heterocycles. The van der Waals surface area contributed by atoms with Crippen LogP contribution < -0.4 is 0 Å². The maximum Gasteiger partial charge on any atom is 0.364 e. The van der Waals surface area contributed by atoms with Gasteiger partial charge >= 0.3 is 5.84 Å². The first kappa shape index (κ1) is 24.3. The van der Waals surface area contributed by atoms with Crippen molar-refractivity contribution in [2.24, 2.45) is 9.98 Å². The first-order chi connectivity index (χ1) is 14.3. The maximum atomic E-state index is 13.2. The Kier molecular flexibility index (Phi) is 5.40. The fourth-order valence-corrected chi connectivity index (χ4v) is 4.02. The molecule has 1 aromatic carbocycles. The molecule has 3 rings (SSSR count). The van der Waals surface area contributed by atoms with Crippen LogP contribution in [0.5, 0.6) is 0 Å². The van der Waals surface area contributed by atoms with Crippen molar-refractivity contribution in [2.75, 3.05) is 0 Å². The molecule has 2 aliphatic rings. The molecule has 2 aliphatic heterocycles. The smallest absolute Gasteiger partial charge is 0.364 e. The van der Waals surface area contributed by atoms with Crippen LogP contribution >= 0.6 is 0 Å². The zero-order valence-corrected chi connectivity index (χ0v) is 22.3. The second-order valence-electron chi connectivity index (χ2n) is 12.0. The lowest BCUT2D eigenvalue weighted by Gasteiger charge is -2.45. The minimum atomic E-state index is -1.62. The van der Waals surface area contributed by atoms with Crippen LogP contribution in [-0.2, 0) is 0 Å². The Morgan fingerprint density at radius 1 is 0.906 bits per heavy atom. The van der Waals surface area contributed by atoms with Gasteiger partial charge in [0.15, 0.2) is 11.1 Å². The predicted molar refractivity (Wildman–Crippen MR) is 135 cm³/mol. The van der Waals surface area contributed by atoms with Gasteiger partial charge in [0.1, 0.15) is 13.9 Å². The molecule has 0 aliphatic carbocycles. The summed E-state index contributed by atoms with van der Waals surface area (Å²) in [5.74, 6) is 4.02. The predicted octanol–water partition coefficient (Wildman–Crippen LogP) is 5.13. The molecule has 0 fully saturated rings. The maximum absolute atomic E-state index is 13.2. The van der Waals surface area contributed by atoms with Crippen molar-refractivity contribution in [1.82, 2.24) is 5.06 Å². The molecule has 172 valence electrons. The van der Waals surface area contributed by atoms with Gasteiger partial charge < -0.3 is 10.3 Å². The monoisotopic (exact) mass is 452 g/mol. The number of benzene rings is 1. The summed E-state index contributed by atoms with van der Waals surface area (Å²) in [6.07, 6.45) is 0. The van der Waals surface area contributed by atoms with Gasteiger partial charge in [0.2, 0.25) is 0 Å². The van der Waals surface area contributed by atoms with Gasteiger partial charge in [-0.05, 0) is 78.3 Å². The fourth-order valence-electron chi connectivity index (χ4n) is 3.50. The summed E-state index contributed by atoms with van der Waals surface area (Å²) >= 11 is 0. The number of nitroso groups, excluding NO2 is 1. The molecule has 0 unspecified atom stereocenters. The van der Waals surface area contributed by atoms with Gasteiger partial charge in [0, 0.05) is 16.7 Å². The highest BCUT2D eigenvalue weighted by Crippen LogP contribution is 2.39. The molecule has 0 bridgehead atoms. The molecule has 0 atom stereocenters. The van der Waals surface area contributed by atoms with E-state index in [4.69, 9.17) is 9.98 Å². The van der Waals surface area contributed by atoms with Crippen molar-refractivity contribution >= 4 is 19.7 Å². The zero-order valence-electron chi connectivity index (χ0n) is 21.3. The molecule has 1 aromatic rings. The van der Waals surface area contributed by atoms with Crippen LogP contribution in [-0.4, -0.2) is 51.7 Å². The quantitative estimate of drug-likeness (QED) is 0.355. The van der Waals surface area contributed by atoms with Gasteiger partial charge in [-0.2, -0.15) is 0 Å². The van der Waals surface area contributed by atoms with Gasteiger partial charge in [0.05, 0.1) is 11.1 Å². The molecule has 0 N–H and O–H groups in total. The highest BCUT2D eigenvalue weighted by atomic mass is 28.3. The van der Waals surface area contributed by atoms with Gasteiger partial charge in [-0.15, -0.1) is 5.54 Å². The molecule has 32 heavy (non-hydrogen) atoms. The summed E-state index contributed by atoms with van der Waals surface area (Å²) < 4.78 is 0.987. The highest BCUT2D eigenvalue weighted by Gasteiger charge is 2.59. The molecule has 0 amide bonds. The third-order valence-electron chi connectivity index (χ3n) is 7.20. The third kappa shape index (κ3) is 3.84. The van der Waals surface area contributed by atoms with Gasteiger partial charge in [-0.3, -0.25) is 4.99 Å². The Morgan fingerprint density at radius 3 is 1.91 bits per heavy atom. The van der Waals surface area contributed by atoms with Crippen molar-refractivity contribution in [3.63, 3.8) is 0 Å². The van der Waals surface area contributed by atoms with Crippen molar-refractivity contribution < 1.29 is 4.76 Å². The molecule has 0 saturated heterocycles. The van der Waals surface area contributed by atoms with E-state index in [9.17, 15) is 10.1 Å². The molecular weight excluding hydrogens is 416 g/mol. The number of aliphatic imine (C=N–C) groups is 2. The van der Waals surface area contributed by atoms with Crippen LogP contribution in [0.3, 0.4) is 0 Å². The van der Waals surface area contributed by atoms with Crippen LogP contribution in [0, 0.1) is 21.6 Å². The van der Waals surface area contributed by atoms with Gasteiger partial charge in [0.25, 0.3) is 0 Å². The fraction of sp³-hybridized carbons (Fsp3) is 0.600. The lowest BCUT2D eigenvalue weighted by atomic mass is 9.84. The van der Waals surface area contributed by atoms with Crippen LogP contribution in [0.1, 0.15) is 72.1 Å². The largest absolute Gasteiger partial charge is 0.757 e. The molecular formula is C25H36N4O2Si. The SMILES string of the molecule is CC1(C)N=C(c2cc(C#C[Si](C)(C)C)cc(C3=NC(C)(C)C(C)(C)[N+]3=O)c2)N([O-])C1(C)C. The topological polar surface area (TPSA) is 71.1 Å². The normalized spacial score (nSPS) is 22.9. The minimum Gasteiger partial charge on any atom is -0.757 e. The number of amidine groups is 2. The Hall–Kier alpha value is -2.30. The van der Waals surface area contributed by atoms with E-state index in [1.54, 1.807) is 0 Å². The number of hydrogen-bond donors (Lipinski definition) is 0. The summed E-state index contributed by atoms with van der Waals surface area (Å²) in [6, 6.07) is 5.65. The first-order valence-electron chi connectivity index (χ1n) is 11.1. The van der Waals surface area contributed by atoms with E-state index >= 15 is 0 Å². The summed E-state index contributed by atoms with van der Waals surface area (Å²) in [4.78, 5) is 22.8. The number of hydrogen-bond acceptors (Lipinski definition) is 5. The minimum absolute atomic E-state index is 0.368. The molecule has 7 heteroatoms. The lowest BCUT2D eigenvalue weighted by molar-refractivity contribution is -0.514.